The highest BCUT2D eigenvalue weighted by Crippen LogP contribution is 2.23. The van der Waals surface area contributed by atoms with E-state index in [4.69, 9.17) is 0 Å². The van der Waals surface area contributed by atoms with E-state index in [1.807, 2.05) is 0 Å². The van der Waals surface area contributed by atoms with Gasteiger partial charge in [-0.1, -0.05) is 28.1 Å². The molecule has 0 aliphatic rings. The molecule has 6 heteroatoms. The lowest BCUT2D eigenvalue weighted by molar-refractivity contribution is 0.489. The normalized spacial score (nSPS) is 12.0. The Bertz CT molecular complexity index is 433. The molecule has 0 bridgehead atoms. The van der Waals surface area contributed by atoms with E-state index in [-0.39, 0.29) is 0 Å². The van der Waals surface area contributed by atoms with Crippen molar-refractivity contribution in [1.82, 2.24) is 4.31 Å². The van der Waals surface area contributed by atoms with Crippen molar-refractivity contribution < 1.29 is 8.42 Å². The van der Waals surface area contributed by atoms with Crippen molar-refractivity contribution in [3.63, 3.8) is 0 Å². The number of sulfonamides is 1. The third kappa shape index (κ3) is 3.03. The molecule has 1 aromatic carbocycles. The molecule has 1 rings (SSSR count). The van der Waals surface area contributed by atoms with Crippen LogP contribution in [0, 0.1) is 0 Å². The Balaban J connectivity index is 3.12. The van der Waals surface area contributed by atoms with E-state index < -0.39 is 10.0 Å². The zero-order valence-corrected chi connectivity index (χ0v) is 12.1. The maximum absolute atomic E-state index is 12.0. The average Bonchev–Trinajstić information content (AvgIpc) is 2.18. The topological polar surface area (TPSA) is 37.4 Å². The van der Waals surface area contributed by atoms with Crippen molar-refractivity contribution in [2.24, 2.45) is 0 Å². The van der Waals surface area contributed by atoms with Crippen molar-refractivity contribution >= 4 is 41.9 Å². The highest BCUT2D eigenvalue weighted by molar-refractivity contribution is 9.10. The first-order chi connectivity index (χ1) is 7.00. The summed E-state index contributed by atoms with van der Waals surface area (Å²) in [5, 5.41) is 0.618. The zero-order valence-electron chi connectivity index (χ0n) is 8.15. The highest BCUT2D eigenvalue weighted by atomic mass is 79.9. The monoisotopic (exact) mass is 355 g/mol. The van der Waals surface area contributed by atoms with E-state index in [0.29, 0.717) is 21.2 Å². The second-order valence-corrected chi connectivity index (χ2v) is 6.61. The van der Waals surface area contributed by atoms with Crippen molar-refractivity contribution in [2.45, 2.75) is 4.90 Å². The van der Waals surface area contributed by atoms with Gasteiger partial charge >= 0.3 is 0 Å². The fourth-order valence-corrected chi connectivity index (χ4v) is 3.96. The number of alkyl halides is 1. The van der Waals surface area contributed by atoms with E-state index in [0.717, 1.165) is 0 Å². The number of hydrogen-bond acceptors (Lipinski definition) is 2. The summed E-state index contributed by atoms with van der Waals surface area (Å²) in [6, 6.07) is 6.80. The first-order valence-corrected chi connectivity index (χ1v) is 7.62. The Hall–Kier alpha value is 0.0900. The fourth-order valence-electron chi connectivity index (χ4n) is 1.06. The van der Waals surface area contributed by atoms with Crippen LogP contribution in [0.25, 0.3) is 0 Å². The van der Waals surface area contributed by atoms with Crippen LogP contribution in [0.2, 0.25) is 0 Å². The molecule has 0 unspecified atom stereocenters. The Morgan fingerprint density at radius 2 is 1.93 bits per heavy atom. The molecule has 0 saturated heterocycles. The largest absolute Gasteiger partial charge is 0.243 e. The Kier molecular flexibility index (Phi) is 4.76. The van der Waals surface area contributed by atoms with Gasteiger partial charge in [-0.2, -0.15) is 0 Å². The standard InChI is InChI=1S/C9H11Br2NO2S/c1-12(7-6-10)15(13,14)9-5-3-2-4-8(9)11/h2-5H,6-7H2,1H3. The Morgan fingerprint density at radius 1 is 1.33 bits per heavy atom. The third-order valence-corrected chi connectivity index (χ3v) is 5.15. The van der Waals surface area contributed by atoms with Crippen LogP contribution < -0.4 is 0 Å². The minimum atomic E-state index is -3.38. The maximum Gasteiger partial charge on any atom is 0.243 e. The zero-order chi connectivity index (χ0) is 11.5. The molecule has 0 fully saturated rings. The van der Waals surface area contributed by atoms with E-state index in [2.05, 4.69) is 31.9 Å². The van der Waals surface area contributed by atoms with E-state index in [1.54, 1.807) is 31.3 Å². The van der Waals surface area contributed by atoms with Crippen LogP contribution in [0.4, 0.5) is 0 Å². The van der Waals surface area contributed by atoms with Crippen LogP contribution >= 0.6 is 31.9 Å². The number of benzene rings is 1. The second-order valence-electron chi connectivity index (χ2n) is 2.95. The molecule has 15 heavy (non-hydrogen) atoms. The summed E-state index contributed by atoms with van der Waals surface area (Å²) >= 11 is 6.45. The van der Waals surface area contributed by atoms with Crippen molar-refractivity contribution in [3.05, 3.63) is 28.7 Å². The van der Waals surface area contributed by atoms with Crippen molar-refractivity contribution in [1.29, 1.82) is 0 Å². The highest BCUT2D eigenvalue weighted by Gasteiger charge is 2.21. The predicted molar refractivity (Wildman–Crippen MR) is 67.8 cm³/mol. The van der Waals surface area contributed by atoms with Gasteiger partial charge in [-0.3, -0.25) is 0 Å². The molecule has 0 aromatic heterocycles. The first-order valence-electron chi connectivity index (χ1n) is 4.27. The molecule has 0 N–H and O–H groups in total. The van der Waals surface area contributed by atoms with Crippen molar-refractivity contribution in [2.75, 3.05) is 18.9 Å². The van der Waals surface area contributed by atoms with E-state index in [1.165, 1.54) is 4.31 Å². The van der Waals surface area contributed by atoms with Gasteiger partial charge in [0, 0.05) is 23.4 Å². The van der Waals surface area contributed by atoms with Crippen LogP contribution in [0.5, 0.6) is 0 Å². The molecule has 0 amide bonds. The van der Waals surface area contributed by atoms with Gasteiger partial charge in [-0.25, -0.2) is 12.7 Å². The summed E-state index contributed by atoms with van der Waals surface area (Å²) in [5.41, 5.74) is 0. The number of nitrogens with zero attached hydrogens (tertiary/aromatic N) is 1. The van der Waals surface area contributed by atoms with Crippen LogP contribution in [-0.2, 0) is 10.0 Å². The lowest BCUT2D eigenvalue weighted by atomic mass is 10.4. The minimum absolute atomic E-state index is 0.299. The molecule has 0 radical (unpaired) electrons. The average molecular weight is 357 g/mol. The molecule has 3 nitrogen and oxygen atoms in total. The third-order valence-electron chi connectivity index (χ3n) is 1.92. The summed E-state index contributed by atoms with van der Waals surface area (Å²) in [6.45, 7) is 0.448. The summed E-state index contributed by atoms with van der Waals surface area (Å²) in [7, 11) is -1.81. The number of hydrogen-bond donors (Lipinski definition) is 0. The Morgan fingerprint density at radius 3 is 2.47 bits per heavy atom. The molecule has 0 spiro atoms. The van der Waals surface area contributed by atoms with Crippen LogP contribution in [0.15, 0.2) is 33.6 Å². The summed E-state index contributed by atoms with van der Waals surface area (Å²) in [5.74, 6) is 0. The van der Waals surface area contributed by atoms with Gasteiger partial charge in [0.15, 0.2) is 0 Å². The molecular weight excluding hydrogens is 346 g/mol. The van der Waals surface area contributed by atoms with E-state index >= 15 is 0 Å². The van der Waals surface area contributed by atoms with Gasteiger partial charge in [0.25, 0.3) is 0 Å². The lowest BCUT2D eigenvalue weighted by Crippen LogP contribution is -2.28. The molecule has 0 aliphatic heterocycles. The van der Waals surface area contributed by atoms with Crippen LogP contribution in [0.1, 0.15) is 0 Å². The fraction of sp³-hybridized carbons (Fsp3) is 0.333. The van der Waals surface area contributed by atoms with Crippen LogP contribution in [-0.4, -0.2) is 31.6 Å². The molecule has 0 saturated carbocycles. The second kappa shape index (κ2) is 5.43. The lowest BCUT2D eigenvalue weighted by Gasteiger charge is -2.16. The van der Waals surface area contributed by atoms with Gasteiger partial charge < -0.3 is 0 Å². The van der Waals surface area contributed by atoms with Gasteiger partial charge in [-0.15, -0.1) is 0 Å². The summed E-state index contributed by atoms with van der Waals surface area (Å²) in [4.78, 5) is 0.299. The van der Waals surface area contributed by atoms with Gasteiger partial charge in [0.05, 0.1) is 4.90 Å². The minimum Gasteiger partial charge on any atom is -0.207 e. The first kappa shape index (κ1) is 13.2. The van der Waals surface area contributed by atoms with Crippen LogP contribution in [0.3, 0.4) is 0 Å². The summed E-state index contributed by atoms with van der Waals surface area (Å²) in [6.07, 6.45) is 0. The number of halogens is 2. The Labute approximate surface area is 107 Å². The molecule has 0 atom stereocenters. The molecule has 0 aliphatic carbocycles. The van der Waals surface area contributed by atoms with Gasteiger partial charge in [0.1, 0.15) is 0 Å². The van der Waals surface area contributed by atoms with Gasteiger partial charge in [-0.05, 0) is 28.1 Å². The molecule has 0 heterocycles. The quantitative estimate of drug-likeness (QED) is 0.777. The summed E-state index contributed by atoms with van der Waals surface area (Å²) < 4.78 is 25.9. The van der Waals surface area contributed by atoms with Gasteiger partial charge in [0.2, 0.25) is 10.0 Å². The molecular formula is C9H11Br2NO2S. The number of rotatable bonds is 4. The molecule has 1 aromatic rings. The van der Waals surface area contributed by atoms with Crippen molar-refractivity contribution in [3.8, 4) is 0 Å². The van der Waals surface area contributed by atoms with E-state index in [9.17, 15) is 8.42 Å². The smallest absolute Gasteiger partial charge is 0.207 e. The SMILES string of the molecule is CN(CCBr)S(=O)(=O)c1ccccc1Br. The molecule has 84 valence electrons. The maximum atomic E-state index is 12.0. The predicted octanol–water partition coefficient (Wildman–Crippen LogP) is 2.46.